The first kappa shape index (κ1) is 14.9. The van der Waals surface area contributed by atoms with E-state index in [0.29, 0.717) is 24.0 Å². The van der Waals surface area contributed by atoms with E-state index in [-0.39, 0.29) is 11.0 Å². The van der Waals surface area contributed by atoms with E-state index in [0.717, 1.165) is 5.75 Å². The minimum absolute atomic E-state index is 0.0111. The monoisotopic (exact) mass is 340 g/mol. The van der Waals surface area contributed by atoms with E-state index >= 15 is 0 Å². The maximum atomic E-state index is 10.4. The van der Waals surface area contributed by atoms with Crippen molar-refractivity contribution < 1.29 is 9.84 Å². The Kier molecular flexibility index (Phi) is 2.69. The van der Waals surface area contributed by atoms with Gasteiger partial charge in [-0.2, -0.15) is 0 Å². The molecule has 7 rings (SSSR count). The molecule has 4 heteroatoms. The first-order valence-corrected chi connectivity index (χ1v) is 10.0. The number of methoxy groups -OCH3 is 1. The van der Waals surface area contributed by atoms with Gasteiger partial charge >= 0.3 is 0 Å². The summed E-state index contributed by atoms with van der Waals surface area (Å²) in [7, 11) is 1.78. The van der Waals surface area contributed by atoms with Gasteiger partial charge in [-0.05, 0) is 68.7 Å². The van der Waals surface area contributed by atoms with Crippen LogP contribution in [-0.2, 0) is 5.41 Å². The lowest BCUT2D eigenvalue weighted by Crippen LogP contribution is -2.76. The molecule has 3 heterocycles. The van der Waals surface area contributed by atoms with Gasteiger partial charge in [0, 0.05) is 24.0 Å². The largest absolute Gasteiger partial charge is 0.495 e. The zero-order valence-electron chi connectivity index (χ0n) is 15.1. The maximum Gasteiger partial charge on any atom is 0.142 e. The van der Waals surface area contributed by atoms with Crippen LogP contribution in [-0.4, -0.2) is 48.4 Å². The molecule has 3 spiro atoms. The summed E-state index contributed by atoms with van der Waals surface area (Å²) >= 11 is 0. The molecule has 1 aromatic rings. The van der Waals surface area contributed by atoms with Gasteiger partial charge in [-0.25, -0.2) is 0 Å². The lowest BCUT2D eigenvalue weighted by atomic mass is 9.39. The van der Waals surface area contributed by atoms with Crippen LogP contribution in [0.4, 0.5) is 5.69 Å². The lowest BCUT2D eigenvalue weighted by Gasteiger charge is -2.69. The number of fused-ring (bicyclic) bond motifs is 3. The number of nitrogens with zero attached hydrogens (tertiary/aromatic N) is 1. The number of aliphatic hydroxyl groups excluding tert-OH is 1. The Morgan fingerprint density at radius 2 is 2.16 bits per heavy atom. The summed E-state index contributed by atoms with van der Waals surface area (Å²) in [5.41, 5.74) is 3.27. The van der Waals surface area contributed by atoms with Crippen LogP contribution in [0.15, 0.2) is 18.2 Å². The molecule has 2 bridgehead atoms. The molecule has 1 aromatic carbocycles. The van der Waals surface area contributed by atoms with Crippen LogP contribution in [0.2, 0.25) is 0 Å². The van der Waals surface area contributed by atoms with E-state index in [1.807, 2.05) is 0 Å². The quantitative estimate of drug-likeness (QED) is 0.869. The average Bonchev–Trinajstić information content (AvgIpc) is 3.20. The smallest absolute Gasteiger partial charge is 0.142 e. The van der Waals surface area contributed by atoms with Gasteiger partial charge in [0.15, 0.2) is 0 Å². The van der Waals surface area contributed by atoms with Crippen molar-refractivity contribution in [3.63, 3.8) is 0 Å². The Morgan fingerprint density at radius 1 is 1.24 bits per heavy atom. The molecule has 2 N–H and O–H groups in total. The molecule has 5 fully saturated rings. The predicted octanol–water partition coefficient (Wildman–Crippen LogP) is 2.76. The van der Waals surface area contributed by atoms with Gasteiger partial charge in [-0.3, -0.25) is 4.90 Å². The number of nitrogens with one attached hydrogen (secondary N) is 1. The Morgan fingerprint density at radius 3 is 3.00 bits per heavy atom. The van der Waals surface area contributed by atoms with Crippen molar-refractivity contribution in [2.24, 2.45) is 11.3 Å². The van der Waals surface area contributed by atoms with Crippen molar-refractivity contribution in [2.75, 3.05) is 32.1 Å². The minimum Gasteiger partial charge on any atom is -0.495 e. The number of anilines is 1. The predicted molar refractivity (Wildman–Crippen MR) is 97.1 cm³/mol. The molecule has 5 atom stereocenters. The Hall–Kier alpha value is -1.26. The number of aliphatic hydroxyl groups is 1. The third kappa shape index (κ3) is 1.39. The molecule has 25 heavy (non-hydrogen) atoms. The number of ether oxygens (including phenoxy) is 1. The van der Waals surface area contributed by atoms with E-state index in [2.05, 4.69) is 28.4 Å². The van der Waals surface area contributed by atoms with Crippen molar-refractivity contribution in [3.05, 3.63) is 23.8 Å². The second-order valence-electron chi connectivity index (χ2n) is 9.19. The first-order valence-electron chi connectivity index (χ1n) is 10.0. The van der Waals surface area contributed by atoms with Crippen LogP contribution in [0.25, 0.3) is 0 Å². The van der Waals surface area contributed by atoms with Gasteiger partial charge in [0.05, 0.1) is 18.3 Å². The van der Waals surface area contributed by atoms with Gasteiger partial charge < -0.3 is 15.2 Å². The van der Waals surface area contributed by atoms with Crippen molar-refractivity contribution in [1.29, 1.82) is 0 Å². The molecule has 134 valence electrons. The average molecular weight is 340 g/mol. The highest BCUT2D eigenvalue weighted by atomic mass is 16.5. The van der Waals surface area contributed by atoms with Crippen LogP contribution in [0.3, 0.4) is 0 Å². The summed E-state index contributed by atoms with van der Waals surface area (Å²) in [6, 6.07) is 7.24. The standard InChI is InChI=1S/C21H28N2O2/c1-25-16-5-2-4-15-17(16)22-21-8-7-19(12-14(21)13-24)6-3-10-23-11-9-20(15,21)18(19)23/h2,4-5,14,18,22,24H,3,6-13H2,1H3/t14-,18+,19-,20-,21-/m1/s1. The van der Waals surface area contributed by atoms with Gasteiger partial charge in [-0.1, -0.05) is 12.1 Å². The van der Waals surface area contributed by atoms with Crippen LogP contribution in [0.1, 0.15) is 44.1 Å². The molecular formula is C21H28N2O2. The molecule has 0 radical (unpaired) electrons. The van der Waals surface area contributed by atoms with Crippen molar-refractivity contribution >= 4 is 5.69 Å². The molecule has 0 amide bonds. The number of piperidine rings is 1. The first-order chi connectivity index (χ1) is 12.2. The summed E-state index contributed by atoms with van der Waals surface area (Å²) in [5.74, 6) is 1.33. The van der Waals surface area contributed by atoms with Gasteiger partial charge in [0.25, 0.3) is 0 Å². The zero-order chi connectivity index (χ0) is 16.9. The molecule has 3 aliphatic carbocycles. The van der Waals surface area contributed by atoms with E-state index in [9.17, 15) is 5.11 Å². The second kappa shape index (κ2) is 4.52. The number of hydrogen-bond donors (Lipinski definition) is 2. The third-order valence-electron chi connectivity index (χ3n) is 8.78. The van der Waals surface area contributed by atoms with Gasteiger partial charge in [-0.15, -0.1) is 0 Å². The third-order valence-corrected chi connectivity index (χ3v) is 8.78. The fourth-order valence-electron chi connectivity index (χ4n) is 8.21. The van der Waals surface area contributed by atoms with Crippen LogP contribution in [0.5, 0.6) is 5.75 Å². The normalized spacial score (nSPS) is 46.3. The molecule has 0 unspecified atom stereocenters. The molecule has 3 aliphatic heterocycles. The zero-order valence-corrected chi connectivity index (χ0v) is 15.1. The molecule has 0 aromatic heterocycles. The fraction of sp³-hybridized carbons (Fsp3) is 0.714. The van der Waals surface area contributed by atoms with E-state index < -0.39 is 0 Å². The Bertz CT molecular complexity index is 751. The Balaban J connectivity index is 1.66. The molecule has 4 nitrogen and oxygen atoms in total. The summed E-state index contributed by atoms with van der Waals surface area (Å²) in [6.45, 7) is 2.78. The fourth-order valence-corrected chi connectivity index (χ4v) is 8.21. The lowest BCUT2D eigenvalue weighted by molar-refractivity contribution is -0.137. The summed E-state index contributed by atoms with van der Waals surface area (Å²) in [4.78, 5) is 2.81. The molecule has 2 saturated heterocycles. The number of para-hydroxylation sites is 1. The van der Waals surface area contributed by atoms with Crippen LogP contribution >= 0.6 is 0 Å². The summed E-state index contributed by atoms with van der Waals surface area (Å²) in [5, 5.41) is 14.4. The summed E-state index contributed by atoms with van der Waals surface area (Å²) < 4.78 is 5.73. The summed E-state index contributed by atoms with van der Waals surface area (Å²) in [6.07, 6.45) is 7.60. The minimum atomic E-state index is 0.0111. The maximum absolute atomic E-state index is 10.4. The highest BCUT2D eigenvalue weighted by Gasteiger charge is 2.77. The highest BCUT2D eigenvalue weighted by Crippen LogP contribution is 2.74. The highest BCUT2D eigenvalue weighted by molar-refractivity contribution is 5.74. The number of rotatable bonds is 2. The molecular weight excluding hydrogens is 312 g/mol. The number of benzene rings is 1. The van der Waals surface area contributed by atoms with E-state index in [1.165, 1.54) is 62.9 Å². The molecule has 6 aliphatic rings. The second-order valence-corrected chi connectivity index (χ2v) is 9.19. The van der Waals surface area contributed by atoms with E-state index in [4.69, 9.17) is 4.74 Å². The topological polar surface area (TPSA) is 44.7 Å². The van der Waals surface area contributed by atoms with Crippen LogP contribution < -0.4 is 10.1 Å². The van der Waals surface area contributed by atoms with Crippen molar-refractivity contribution in [3.8, 4) is 5.75 Å². The van der Waals surface area contributed by atoms with E-state index in [1.54, 1.807) is 7.11 Å². The van der Waals surface area contributed by atoms with Crippen molar-refractivity contribution in [2.45, 2.75) is 55.5 Å². The van der Waals surface area contributed by atoms with Gasteiger partial charge in [0.1, 0.15) is 5.75 Å². The molecule has 3 saturated carbocycles. The van der Waals surface area contributed by atoms with Gasteiger partial charge in [0.2, 0.25) is 0 Å². The van der Waals surface area contributed by atoms with Crippen LogP contribution in [0, 0.1) is 11.3 Å². The number of hydrogen-bond acceptors (Lipinski definition) is 4. The Labute approximate surface area is 149 Å². The van der Waals surface area contributed by atoms with Crippen molar-refractivity contribution in [1.82, 2.24) is 4.90 Å². The SMILES string of the molecule is COc1cccc2c1N[C@@]13CC[C@]4(CCCN5CC[C@]21[C@@H]54)C[C@@H]3CO.